The van der Waals surface area contributed by atoms with Crippen LogP contribution in [0.25, 0.3) is 10.8 Å². The van der Waals surface area contributed by atoms with Crippen molar-refractivity contribution in [2.45, 2.75) is 25.5 Å². The number of fused-ring (bicyclic) bond motifs is 1. The average molecular weight is 453 g/mol. The number of phenols is 2. The molecule has 0 amide bonds. The first-order chi connectivity index (χ1) is 15.7. The third-order valence-electron chi connectivity index (χ3n) is 4.74. The molecule has 3 aromatic carbocycles. The first-order valence-corrected chi connectivity index (χ1v) is 10.2. The Morgan fingerprint density at radius 3 is 2.09 bits per heavy atom. The van der Waals surface area contributed by atoms with E-state index in [1.807, 2.05) is 12.1 Å². The second-order valence-corrected chi connectivity index (χ2v) is 7.46. The highest BCUT2D eigenvalue weighted by Gasteiger charge is 2.12. The van der Waals surface area contributed by atoms with Crippen LogP contribution in [0.5, 0.6) is 11.5 Å². The number of carboxylic acids is 2. The highest BCUT2D eigenvalue weighted by molar-refractivity contribution is 5.89. The van der Waals surface area contributed by atoms with E-state index in [9.17, 15) is 24.9 Å². The lowest BCUT2D eigenvalue weighted by atomic mass is 9.99. The zero-order chi connectivity index (χ0) is 24.4. The molecule has 3 aromatic rings. The standard InChI is InChI=1S/C21H23NO3.C4H4O4/c1-14(9-16-7-4-6-15-5-2-3-8-20(15)16)22-13-21(25)17-10-18(23)12-19(24)11-17;5-3(6)1-2-4(7)8/h2-8,10-12,14,21-25H,9,13H2,1H3;1-2H,(H,5,6)(H,7,8)/b;2-1+/t14-,21-;/m1./s1. The molecule has 0 unspecified atom stereocenters. The molecule has 6 N–H and O–H groups in total. The van der Waals surface area contributed by atoms with Gasteiger partial charge in [-0.2, -0.15) is 0 Å². The van der Waals surface area contributed by atoms with E-state index in [2.05, 4.69) is 42.6 Å². The molecule has 0 saturated heterocycles. The van der Waals surface area contributed by atoms with Gasteiger partial charge >= 0.3 is 11.9 Å². The fourth-order valence-corrected chi connectivity index (χ4v) is 3.26. The van der Waals surface area contributed by atoms with Gasteiger partial charge in [-0.25, -0.2) is 9.59 Å². The summed E-state index contributed by atoms with van der Waals surface area (Å²) in [6.07, 6.45) is 1.16. The molecule has 0 saturated carbocycles. The smallest absolute Gasteiger partial charge is 0.328 e. The van der Waals surface area contributed by atoms with Crippen molar-refractivity contribution in [3.8, 4) is 11.5 Å². The van der Waals surface area contributed by atoms with E-state index in [0.717, 1.165) is 6.42 Å². The second-order valence-electron chi connectivity index (χ2n) is 7.46. The summed E-state index contributed by atoms with van der Waals surface area (Å²) >= 11 is 0. The number of hydrogen-bond acceptors (Lipinski definition) is 6. The Labute approximate surface area is 191 Å². The molecule has 2 atom stereocenters. The number of carboxylic acid groups (broad SMARTS) is 2. The van der Waals surface area contributed by atoms with Gasteiger partial charge in [-0.05, 0) is 47.4 Å². The molecule has 0 heterocycles. The van der Waals surface area contributed by atoms with Crippen LogP contribution in [0.1, 0.15) is 24.2 Å². The lowest BCUT2D eigenvalue weighted by molar-refractivity contribution is -0.134. The largest absolute Gasteiger partial charge is 0.508 e. The molecule has 3 rings (SSSR count). The van der Waals surface area contributed by atoms with Gasteiger partial charge in [-0.1, -0.05) is 42.5 Å². The Morgan fingerprint density at radius 2 is 1.48 bits per heavy atom. The van der Waals surface area contributed by atoms with Crippen LogP contribution in [0.15, 0.2) is 72.8 Å². The molecule has 0 radical (unpaired) electrons. The number of rotatable bonds is 8. The van der Waals surface area contributed by atoms with Crippen LogP contribution in [-0.4, -0.2) is 50.1 Å². The minimum atomic E-state index is -1.26. The quantitative estimate of drug-likeness (QED) is 0.285. The van der Waals surface area contributed by atoms with Crippen molar-refractivity contribution in [2.75, 3.05) is 6.54 Å². The van der Waals surface area contributed by atoms with Crippen molar-refractivity contribution in [2.24, 2.45) is 0 Å². The monoisotopic (exact) mass is 453 g/mol. The number of aromatic hydroxyl groups is 2. The molecule has 0 aliphatic heterocycles. The zero-order valence-electron chi connectivity index (χ0n) is 18.0. The van der Waals surface area contributed by atoms with Gasteiger partial charge in [0.1, 0.15) is 11.5 Å². The Morgan fingerprint density at radius 1 is 0.909 bits per heavy atom. The van der Waals surface area contributed by atoms with E-state index in [4.69, 9.17) is 10.2 Å². The molecular formula is C25H27NO7. The van der Waals surface area contributed by atoms with Gasteiger partial charge in [0.05, 0.1) is 6.10 Å². The maximum atomic E-state index is 10.3. The number of aliphatic hydroxyl groups excluding tert-OH is 1. The Balaban J connectivity index is 0.000000414. The third-order valence-corrected chi connectivity index (χ3v) is 4.74. The summed E-state index contributed by atoms with van der Waals surface area (Å²) in [6.45, 7) is 2.42. The molecule has 0 spiro atoms. The molecule has 8 heteroatoms. The van der Waals surface area contributed by atoms with Crippen LogP contribution >= 0.6 is 0 Å². The molecule has 33 heavy (non-hydrogen) atoms. The van der Waals surface area contributed by atoms with Crippen LogP contribution in [0.3, 0.4) is 0 Å². The van der Waals surface area contributed by atoms with Crippen LogP contribution in [0.2, 0.25) is 0 Å². The van der Waals surface area contributed by atoms with Gasteiger partial charge in [0.15, 0.2) is 0 Å². The molecule has 0 bridgehead atoms. The van der Waals surface area contributed by atoms with Gasteiger partial charge in [0, 0.05) is 30.8 Å². The lowest BCUT2D eigenvalue weighted by Gasteiger charge is -2.18. The number of aliphatic hydroxyl groups is 1. The van der Waals surface area contributed by atoms with Crippen molar-refractivity contribution >= 4 is 22.7 Å². The highest BCUT2D eigenvalue weighted by Crippen LogP contribution is 2.25. The summed E-state index contributed by atoms with van der Waals surface area (Å²) in [5, 5.41) is 50.7. The second kappa shape index (κ2) is 12.2. The van der Waals surface area contributed by atoms with Gasteiger partial charge in [0.2, 0.25) is 0 Å². The minimum absolute atomic E-state index is 0.0575. The number of aliphatic carboxylic acids is 2. The summed E-state index contributed by atoms with van der Waals surface area (Å²) in [5.74, 6) is -2.63. The fraction of sp³-hybridized carbons (Fsp3) is 0.200. The van der Waals surface area contributed by atoms with Crippen molar-refractivity contribution in [3.63, 3.8) is 0 Å². The zero-order valence-corrected chi connectivity index (χ0v) is 18.0. The van der Waals surface area contributed by atoms with Crippen LogP contribution in [0.4, 0.5) is 0 Å². The fourth-order valence-electron chi connectivity index (χ4n) is 3.26. The maximum Gasteiger partial charge on any atom is 0.328 e. The number of phenolic OH excluding ortho intramolecular Hbond substituents is 2. The molecular weight excluding hydrogens is 426 g/mol. The Bertz CT molecular complexity index is 1090. The SMILES string of the molecule is C[C@H](Cc1cccc2ccccc12)NC[C@@H](O)c1cc(O)cc(O)c1.O=C(O)/C=C/C(=O)O. The van der Waals surface area contributed by atoms with Gasteiger partial charge < -0.3 is 30.8 Å². The van der Waals surface area contributed by atoms with E-state index >= 15 is 0 Å². The van der Waals surface area contributed by atoms with E-state index in [1.54, 1.807) is 0 Å². The van der Waals surface area contributed by atoms with Crippen molar-refractivity contribution in [1.82, 2.24) is 5.32 Å². The molecule has 174 valence electrons. The predicted octanol–water partition coefficient (Wildman–Crippen LogP) is 3.22. The summed E-state index contributed by atoms with van der Waals surface area (Å²) in [6, 6.07) is 18.9. The van der Waals surface area contributed by atoms with E-state index in [0.29, 0.717) is 24.3 Å². The molecule has 0 aliphatic rings. The highest BCUT2D eigenvalue weighted by atomic mass is 16.4. The minimum Gasteiger partial charge on any atom is -0.508 e. The van der Waals surface area contributed by atoms with Crippen molar-refractivity contribution in [3.05, 3.63) is 83.9 Å². The van der Waals surface area contributed by atoms with Crippen molar-refractivity contribution < 1.29 is 35.1 Å². The summed E-state index contributed by atoms with van der Waals surface area (Å²) < 4.78 is 0. The maximum absolute atomic E-state index is 10.3. The van der Waals surface area contributed by atoms with Gasteiger partial charge in [-0.3, -0.25) is 0 Å². The van der Waals surface area contributed by atoms with Crippen LogP contribution in [-0.2, 0) is 16.0 Å². The average Bonchev–Trinajstić information content (AvgIpc) is 2.76. The first-order valence-electron chi connectivity index (χ1n) is 10.2. The van der Waals surface area contributed by atoms with E-state index in [1.165, 1.54) is 34.5 Å². The van der Waals surface area contributed by atoms with Gasteiger partial charge in [-0.15, -0.1) is 0 Å². The molecule has 0 aromatic heterocycles. The Hall–Kier alpha value is -3.88. The predicted molar refractivity (Wildman–Crippen MR) is 124 cm³/mol. The van der Waals surface area contributed by atoms with Crippen LogP contribution < -0.4 is 5.32 Å². The topological polar surface area (TPSA) is 147 Å². The van der Waals surface area contributed by atoms with Crippen molar-refractivity contribution in [1.29, 1.82) is 0 Å². The summed E-state index contributed by atoms with van der Waals surface area (Å²) in [4.78, 5) is 19.1. The number of hydrogen-bond donors (Lipinski definition) is 6. The lowest BCUT2D eigenvalue weighted by Crippen LogP contribution is -2.32. The van der Waals surface area contributed by atoms with Crippen LogP contribution in [0, 0.1) is 0 Å². The Kier molecular flexibility index (Phi) is 9.41. The van der Waals surface area contributed by atoms with Gasteiger partial charge in [0.25, 0.3) is 0 Å². The number of nitrogens with one attached hydrogen (secondary N) is 1. The first kappa shape index (κ1) is 25.4. The molecule has 8 nitrogen and oxygen atoms in total. The normalized spacial score (nSPS) is 12.7. The van der Waals surface area contributed by atoms with E-state index in [-0.39, 0.29) is 17.5 Å². The molecule has 0 fully saturated rings. The molecule has 0 aliphatic carbocycles. The number of carbonyl (C=O) groups is 2. The number of benzene rings is 3. The third kappa shape index (κ3) is 8.64. The van der Waals surface area contributed by atoms with E-state index < -0.39 is 18.0 Å². The summed E-state index contributed by atoms with van der Waals surface area (Å²) in [7, 11) is 0. The summed E-state index contributed by atoms with van der Waals surface area (Å²) in [5.41, 5.74) is 1.75.